The van der Waals surface area contributed by atoms with E-state index in [0.29, 0.717) is 17.9 Å². The monoisotopic (exact) mass is 322 g/mol. The minimum atomic E-state index is -4.66. The zero-order chi connectivity index (χ0) is 16.2. The zero-order valence-electron chi connectivity index (χ0n) is 11.5. The standard InChI is InChI=1S/C14H9F3N4O2/c15-14(16,17)12-19-13-18-9-4-7(11-2-1-3-23-11)5-10(22)8(9)6-21(13)20-12/h1-3,6-7H,4-5H2. The van der Waals surface area contributed by atoms with Gasteiger partial charge in [-0.3, -0.25) is 4.79 Å². The molecule has 0 N–H and O–H groups in total. The molecule has 0 saturated heterocycles. The van der Waals surface area contributed by atoms with Crippen LogP contribution in [0.3, 0.4) is 0 Å². The first-order valence-corrected chi connectivity index (χ1v) is 6.82. The summed E-state index contributed by atoms with van der Waals surface area (Å²) >= 11 is 0. The molecular weight excluding hydrogens is 313 g/mol. The summed E-state index contributed by atoms with van der Waals surface area (Å²) in [4.78, 5) is 19.7. The summed E-state index contributed by atoms with van der Waals surface area (Å²) in [6.07, 6.45) is -1.26. The second-order valence-corrected chi connectivity index (χ2v) is 5.32. The zero-order valence-corrected chi connectivity index (χ0v) is 11.5. The van der Waals surface area contributed by atoms with E-state index in [9.17, 15) is 18.0 Å². The predicted octanol–water partition coefficient (Wildman–Crippen LogP) is 2.65. The molecule has 0 saturated carbocycles. The summed E-state index contributed by atoms with van der Waals surface area (Å²) in [5.41, 5.74) is 0.690. The SMILES string of the molecule is O=C1CC(c2ccco2)Cc2nc3nc(C(F)(F)F)nn3cc21. The van der Waals surface area contributed by atoms with Crippen LogP contribution < -0.4 is 0 Å². The Morgan fingerprint density at radius 1 is 1.26 bits per heavy atom. The highest BCUT2D eigenvalue weighted by atomic mass is 19.4. The lowest BCUT2D eigenvalue weighted by atomic mass is 9.85. The third-order valence-corrected chi connectivity index (χ3v) is 3.78. The van der Waals surface area contributed by atoms with Crippen LogP contribution >= 0.6 is 0 Å². The van der Waals surface area contributed by atoms with Crippen LogP contribution in [0.4, 0.5) is 13.2 Å². The molecule has 0 radical (unpaired) electrons. The largest absolute Gasteiger partial charge is 0.469 e. The molecule has 1 unspecified atom stereocenters. The van der Waals surface area contributed by atoms with E-state index in [1.54, 1.807) is 12.1 Å². The maximum Gasteiger partial charge on any atom is 0.453 e. The number of Topliss-reactive ketones (excluding diaryl/α,β-unsaturated/α-hetero) is 1. The minimum Gasteiger partial charge on any atom is -0.469 e. The lowest BCUT2D eigenvalue weighted by Gasteiger charge is -2.20. The van der Waals surface area contributed by atoms with Crippen molar-refractivity contribution in [3.8, 4) is 0 Å². The van der Waals surface area contributed by atoms with Crippen molar-refractivity contribution in [3.05, 3.63) is 47.4 Å². The molecule has 0 amide bonds. The van der Waals surface area contributed by atoms with Gasteiger partial charge in [-0.25, -0.2) is 9.50 Å². The molecule has 3 heterocycles. The first kappa shape index (κ1) is 13.9. The van der Waals surface area contributed by atoms with Gasteiger partial charge in [0.1, 0.15) is 5.76 Å². The Morgan fingerprint density at radius 3 is 2.78 bits per heavy atom. The minimum absolute atomic E-state index is 0.176. The van der Waals surface area contributed by atoms with Crippen LogP contribution in [0.1, 0.15) is 40.0 Å². The Balaban J connectivity index is 1.79. The van der Waals surface area contributed by atoms with Crippen LogP contribution in [0.2, 0.25) is 0 Å². The number of furan rings is 1. The van der Waals surface area contributed by atoms with Gasteiger partial charge in [-0.1, -0.05) is 0 Å². The fourth-order valence-corrected chi connectivity index (χ4v) is 2.73. The Kier molecular flexibility index (Phi) is 2.81. The van der Waals surface area contributed by atoms with Crippen LogP contribution in [0.15, 0.2) is 29.0 Å². The molecule has 0 aliphatic heterocycles. The maximum atomic E-state index is 12.7. The molecule has 1 aliphatic rings. The summed E-state index contributed by atoms with van der Waals surface area (Å²) in [6.45, 7) is 0. The fourth-order valence-electron chi connectivity index (χ4n) is 2.73. The van der Waals surface area contributed by atoms with E-state index in [4.69, 9.17) is 4.42 Å². The summed E-state index contributed by atoms with van der Waals surface area (Å²) in [7, 11) is 0. The van der Waals surface area contributed by atoms with E-state index in [1.807, 2.05) is 0 Å². The van der Waals surface area contributed by atoms with E-state index in [-0.39, 0.29) is 29.5 Å². The van der Waals surface area contributed by atoms with Crippen LogP contribution in [-0.2, 0) is 12.6 Å². The topological polar surface area (TPSA) is 73.3 Å². The molecule has 6 nitrogen and oxygen atoms in total. The van der Waals surface area contributed by atoms with Gasteiger partial charge in [-0.15, -0.1) is 5.10 Å². The molecule has 0 fully saturated rings. The maximum absolute atomic E-state index is 12.7. The number of alkyl halides is 3. The molecule has 118 valence electrons. The van der Waals surface area contributed by atoms with Gasteiger partial charge < -0.3 is 4.42 Å². The number of carbonyl (C=O) groups excluding carboxylic acids is 1. The number of ketones is 1. The van der Waals surface area contributed by atoms with E-state index in [1.165, 1.54) is 12.5 Å². The highest BCUT2D eigenvalue weighted by Gasteiger charge is 2.37. The Bertz CT molecular complexity index is 899. The van der Waals surface area contributed by atoms with Crippen molar-refractivity contribution in [2.45, 2.75) is 24.9 Å². The molecule has 9 heteroatoms. The number of hydrogen-bond acceptors (Lipinski definition) is 5. The van der Waals surface area contributed by atoms with Gasteiger partial charge in [0.05, 0.1) is 17.5 Å². The van der Waals surface area contributed by atoms with Crippen LogP contribution in [0.25, 0.3) is 5.78 Å². The third-order valence-electron chi connectivity index (χ3n) is 3.78. The van der Waals surface area contributed by atoms with E-state index in [2.05, 4.69) is 15.1 Å². The Labute approximate surface area is 127 Å². The smallest absolute Gasteiger partial charge is 0.453 e. The Morgan fingerprint density at radius 2 is 2.09 bits per heavy atom. The lowest BCUT2D eigenvalue weighted by Crippen LogP contribution is -2.21. The fraction of sp³-hybridized carbons (Fsp3) is 0.286. The molecule has 3 aromatic heterocycles. The second-order valence-electron chi connectivity index (χ2n) is 5.32. The van der Waals surface area contributed by atoms with Crippen molar-refractivity contribution in [2.75, 3.05) is 0 Å². The van der Waals surface area contributed by atoms with Gasteiger partial charge in [-0.2, -0.15) is 18.2 Å². The van der Waals surface area contributed by atoms with Crippen molar-refractivity contribution >= 4 is 11.6 Å². The first-order valence-electron chi connectivity index (χ1n) is 6.82. The highest BCUT2D eigenvalue weighted by molar-refractivity contribution is 5.98. The molecule has 1 aliphatic carbocycles. The van der Waals surface area contributed by atoms with Crippen LogP contribution in [0.5, 0.6) is 0 Å². The highest BCUT2D eigenvalue weighted by Crippen LogP contribution is 2.32. The van der Waals surface area contributed by atoms with E-state index in [0.717, 1.165) is 4.52 Å². The molecule has 4 rings (SSSR count). The molecule has 0 aromatic carbocycles. The van der Waals surface area contributed by atoms with Crippen molar-refractivity contribution in [3.63, 3.8) is 0 Å². The van der Waals surface area contributed by atoms with Gasteiger partial charge in [-0.05, 0) is 12.1 Å². The quantitative estimate of drug-likeness (QED) is 0.688. The number of hydrogen-bond donors (Lipinski definition) is 0. The van der Waals surface area contributed by atoms with E-state index >= 15 is 0 Å². The molecule has 0 spiro atoms. The number of fused-ring (bicyclic) bond motifs is 2. The summed E-state index contributed by atoms with van der Waals surface area (Å²) in [6, 6.07) is 3.49. The van der Waals surface area contributed by atoms with Gasteiger partial charge in [0.2, 0.25) is 0 Å². The van der Waals surface area contributed by atoms with Crippen LogP contribution in [-0.4, -0.2) is 25.4 Å². The number of carbonyl (C=O) groups is 1. The van der Waals surface area contributed by atoms with Crippen LogP contribution in [0, 0.1) is 0 Å². The number of aromatic nitrogens is 4. The Hall–Kier alpha value is -2.71. The summed E-state index contributed by atoms with van der Waals surface area (Å²) < 4.78 is 44.3. The second kappa shape index (κ2) is 4.64. The molecule has 0 bridgehead atoms. The predicted molar refractivity (Wildman–Crippen MR) is 69.9 cm³/mol. The number of rotatable bonds is 1. The number of halogens is 3. The molecule has 23 heavy (non-hydrogen) atoms. The van der Waals surface area contributed by atoms with Gasteiger partial charge in [0.25, 0.3) is 11.6 Å². The van der Waals surface area contributed by atoms with E-state index < -0.39 is 12.0 Å². The van der Waals surface area contributed by atoms with Crippen molar-refractivity contribution in [1.82, 2.24) is 19.6 Å². The summed E-state index contributed by atoms with van der Waals surface area (Å²) in [5.74, 6) is -1.18. The van der Waals surface area contributed by atoms with Crippen molar-refractivity contribution in [1.29, 1.82) is 0 Å². The number of nitrogens with zero attached hydrogens (tertiary/aromatic N) is 4. The average Bonchev–Trinajstić information content (AvgIpc) is 3.13. The normalized spacial score (nSPS) is 18.4. The van der Waals surface area contributed by atoms with Gasteiger partial charge >= 0.3 is 6.18 Å². The third kappa shape index (κ3) is 2.28. The molecule has 1 atom stereocenters. The van der Waals surface area contributed by atoms with Gasteiger partial charge in [0, 0.05) is 25.0 Å². The van der Waals surface area contributed by atoms with Gasteiger partial charge in [0.15, 0.2) is 5.78 Å². The molecule has 3 aromatic rings. The molecular formula is C14H9F3N4O2. The summed E-state index contributed by atoms with van der Waals surface area (Å²) in [5, 5.41) is 3.34. The first-order chi connectivity index (χ1) is 10.9. The lowest BCUT2D eigenvalue weighted by molar-refractivity contribution is -0.144. The average molecular weight is 322 g/mol. The van der Waals surface area contributed by atoms with Crippen molar-refractivity contribution in [2.24, 2.45) is 0 Å². The van der Waals surface area contributed by atoms with Crippen molar-refractivity contribution < 1.29 is 22.4 Å².